The van der Waals surface area contributed by atoms with E-state index in [1.165, 1.54) is 5.56 Å². The van der Waals surface area contributed by atoms with Gasteiger partial charge in [0.25, 0.3) is 5.91 Å². The fraction of sp³-hybridized carbons (Fsp3) is 0.667. The van der Waals surface area contributed by atoms with E-state index in [1.807, 2.05) is 12.1 Å². The molecule has 2 bridgehead atoms. The van der Waals surface area contributed by atoms with Gasteiger partial charge in [0.2, 0.25) is 5.91 Å². The van der Waals surface area contributed by atoms with Crippen LogP contribution in [0.15, 0.2) is 24.3 Å². The maximum atomic E-state index is 13.1. The van der Waals surface area contributed by atoms with E-state index < -0.39 is 0 Å². The molecular formula is C24H32N2O4. The highest BCUT2D eigenvalue weighted by molar-refractivity contribution is 5.81. The molecule has 0 spiro atoms. The second kappa shape index (κ2) is 8.22. The Labute approximate surface area is 178 Å². The summed E-state index contributed by atoms with van der Waals surface area (Å²) in [6.07, 6.45) is 6.16. The van der Waals surface area contributed by atoms with Crippen LogP contribution in [0.4, 0.5) is 0 Å². The Morgan fingerprint density at radius 2 is 2.07 bits per heavy atom. The highest BCUT2D eigenvalue weighted by atomic mass is 16.5. The molecular weight excluding hydrogens is 380 g/mol. The summed E-state index contributed by atoms with van der Waals surface area (Å²) in [6.45, 7) is 2.20. The zero-order valence-electron chi connectivity index (χ0n) is 17.8. The van der Waals surface area contributed by atoms with Crippen LogP contribution in [0.3, 0.4) is 0 Å². The van der Waals surface area contributed by atoms with Gasteiger partial charge in [-0.25, -0.2) is 0 Å². The van der Waals surface area contributed by atoms with Crippen molar-refractivity contribution in [3.8, 4) is 5.75 Å². The number of nitrogens with zero attached hydrogens (tertiary/aromatic N) is 2. The lowest BCUT2D eigenvalue weighted by Gasteiger charge is -2.57. The van der Waals surface area contributed by atoms with E-state index >= 15 is 0 Å². The number of likely N-dealkylation sites (tertiary alicyclic amines) is 1. The molecule has 0 N–H and O–H groups in total. The van der Waals surface area contributed by atoms with Crippen LogP contribution in [0.25, 0.3) is 0 Å². The zero-order chi connectivity index (χ0) is 20.7. The summed E-state index contributed by atoms with van der Waals surface area (Å²) in [6, 6.07) is 8.58. The van der Waals surface area contributed by atoms with Crippen molar-refractivity contribution in [1.82, 2.24) is 9.80 Å². The van der Waals surface area contributed by atoms with E-state index in [-0.39, 0.29) is 24.1 Å². The van der Waals surface area contributed by atoms with Gasteiger partial charge in [-0.2, -0.15) is 0 Å². The van der Waals surface area contributed by atoms with Crippen LogP contribution in [-0.4, -0.2) is 66.6 Å². The number of piperidine rings is 3. The molecule has 0 aliphatic carbocycles. The van der Waals surface area contributed by atoms with Gasteiger partial charge in [0.1, 0.15) is 11.9 Å². The Balaban J connectivity index is 1.41. The molecule has 6 heteroatoms. The quantitative estimate of drug-likeness (QED) is 0.763. The van der Waals surface area contributed by atoms with Crippen molar-refractivity contribution in [3.05, 3.63) is 29.8 Å². The normalized spacial score (nSPS) is 33.4. The maximum absolute atomic E-state index is 13.1. The Bertz CT molecular complexity index is 806. The summed E-state index contributed by atoms with van der Waals surface area (Å²) in [4.78, 5) is 30.4. The first kappa shape index (κ1) is 19.9. The maximum Gasteiger partial charge on any atom is 0.251 e. The van der Waals surface area contributed by atoms with Crippen molar-refractivity contribution in [2.24, 2.45) is 11.8 Å². The van der Waals surface area contributed by atoms with Crippen LogP contribution in [-0.2, 0) is 20.7 Å². The van der Waals surface area contributed by atoms with Crippen molar-refractivity contribution < 1.29 is 19.1 Å². The van der Waals surface area contributed by atoms with E-state index in [1.54, 1.807) is 7.11 Å². The van der Waals surface area contributed by atoms with E-state index in [4.69, 9.17) is 9.47 Å². The largest absolute Gasteiger partial charge is 0.497 e. The number of benzene rings is 1. The summed E-state index contributed by atoms with van der Waals surface area (Å²) in [5.41, 5.74) is 1.19. The van der Waals surface area contributed by atoms with Crippen LogP contribution in [0.1, 0.15) is 44.1 Å². The lowest BCUT2D eigenvalue weighted by Crippen LogP contribution is -2.66. The van der Waals surface area contributed by atoms with Gasteiger partial charge in [-0.3, -0.25) is 9.59 Å². The summed E-state index contributed by atoms with van der Waals surface area (Å²) in [7, 11) is 1.68. The number of fused-ring (bicyclic) bond motifs is 4. The van der Waals surface area contributed by atoms with Gasteiger partial charge in [-0.15, -0.1) is 0 Å². The van der Waals surface area contributed by atoms with E-state index in [0.29, 0.717) is 30.8 Å². The number of methoxy groups -OCH3 is 1. The van der Waals surface area contributed by atoms with Crippen molar-refractivity contribution >= 4 is 11.8 Å². The van der Waals surface area contributed by atoms with Gasteiger partial charge in [0.05, 0.1) is 7.11 Å². The lowest BCUT2D eigenvalue weighted by atomic mass is 9.70. The summed E-state index contributed by atoms with van der Waals surface area (Å²) >= 11 is 0. The third-order valence-electron chi connectivity index (χ3n) is 7.59. The first-order valence-corrected chi connectivity index (χ1v) is 11.5. The molecule has 4 aliphatic rings. The predicted molar refractivity (Wildman–Crippen MR) is 112 cm³/mol. The number of hydrogen-bond donors (Lipinski definition) is 0. The van der Waals surface area contributed by atoms with Crippen LogP contribution in [0, 0.1) is 11.8 Å². The van der Waals surface area contributed by atoms with Gasteiger partial charge in [-0.1, -0.05) is 12.1 Å². The number of hydrogen-bond acceptors (Lipinski definition) is 4. The number of amides is 2. The Morgan fingerprint density at radius 3 is 2.87 bits per heavy atom. The third kappa shape index (κ3) is 3.59. The molecule has 2 amide bonds. The first-order chi connectivity index (χ1) is 14.6. The SMILES string of the molecule is COc1cccc(C[C@H]2[C@H]3C[C@H](CN(C(=O)[C@H]4CCCO4)C3)[C@@H]3CCCC(=O)N32)c1. The van der Waals surface area contributed by atoms with Gasteiger partial charge >= 0.3 is 0 Å². The molecule has 30 heavy (non-hydrogen) atoms. The third-order valence-corrected chi connectivity index (χ3v) is 7.59. The molecule has 1 aromatic rings. The van der Waals surface area contributed by atoms with E-state index in [0.717, 1.165) is 57.4 Å². The van der Waals surface area contributed by atoms with Gasteiger partial charge in [0, 0.05) is 38.2 Å². The van der Waals surface area contributed by atoms with Gasteiger partial charge in [0.15, 0.2) is 0 Å². The predicted octanol–water partition coefficient (Wildman–Crippen LogP) is 2.64. The molecule has 5 rings (SSSR count). The average Bonchev–Trinajstić information content (AvgIpc) is 3.31. The van der Waals surface area contributed by atoms with Crippen molar-refractivity contribution in [2.75, 3.05) is 26.8 Å². The van der Waals surface area contributed by atoms with Crippen LogP contribution in [0.5, 0.6) is 5.75 Å². The molecule has 1 aromatic carbocycles. The number of carbonyl (C=O) groups is 2. The van der Waals surface area contributed by atoms with Crippen molar-refractivity contribution in [2.45, 2.75) is 63.1 Å². The zero-order valence-corrected chi connectivity index (χ0v) is 17.8. The topological polar surface area (TPSA) is 59.1 Å². The van der Waals surface area contributed by atoms with Gasteiger partial charge < -0.3 is 19.3 Å². The molecule has 0 unspecified atom stereocenters. The number of carbonyl (C=O) groups excluding carboxylic acids is 2. The standard InChI is InChI=1S/C24H32N2O4/c1-29-19-6-2-5-16(11-19)12-21-18-13-17(20-7-3-9-23(27)26(20)21)14-25(15-18)24(28)22-8-4-10-30-22/h2,5-6,11,17-18,20-22H,3-4,7-10,12-15H2,1H3/t17-,18+,20+,21+,22-/m1/s1. The molecule has 0 saturated carbocycles. The Morgan fingerprint density at radius 1 is 1.20 bits per heavy atom. The molecule has 4 heterocycles. The monoisotopic (exact) mass is 412 g/mol. The smallest absolute Gasteiger partial charge is 0.251 e. The molecule has 5 atom stereocenters. The fourth-order valence-corrected chi connectivity index (χ4v) is 6.23. The first-order valence-electron chi connectivity index (χ1n) is 11.5. The fourth-order valence-electron chi connectivity index (χ4n) is 6.23. The van der Waals surface area contributed by atoms with Gasteiger partial charge in [-0.05, 0) is 68.1 Å². The minimum Gasteiger partial charge on any atom is -0.497 e. The Hall–Kier alpha value is -2.08. The molecule has 4 fully saturated rings. The van der Waals surface area contributed by atoms with E-state index in [2.05, 4.69) is 21.9 Å². The molecule has 4 saturated heterocycles. The highest BCUT2D eigenvalue weighted by Gasteiger charge is 2.50. The molecule has 6 nitrogen and oxygen atoms in total. The van der Waals surface area contributed by atoms with Crippen molar-refractivity contribution in [1.29, 1.82) is 0 Å². The van der Waals surface area contributed by atoms with Crippen LogP contribution < -0.4 is 4.74 Å². The molecule has 0 radical (unpaired) electrons. The summed E-state index contributed by atoms with van der Waals surface area (Å²) in [5.74, 6) is 2.02. The number of rotatable bonds is 4. The molecule has 0 aromatic heterocycles. The van der Waals surface area contributed by atoms with E-state index in [9.17, 15) is 9.59 Å². The van der Waals surface area contributed by atoms with Crippen LogP contribution >= 0.6 is 0 Å². The number of ether oxygens (including phenoxy) is 2. The minimum absolute atomic E-state index is 0.145. The molecule has 162 valence electrons. The summed E-state index contributed by atoms with van der Waals surface area (Å²) in [5, 5.41) is 0. The van der Waals surface area contributed by atoms with Crippen LogP contribution in [0.2, 0.25) is 0 Å². The second-order valence-corrected chi connectivity index (χ2v) is 9.38. The Kier molecular flexibility index (Phi) is 5.44. The highest BCUT2D eigenvalue weighted by Crippen LogP contribution is 2.43. The molecule has 4 aliphatic heterocycles. The minimum atomic E-state index is -0.259. The van der Waals surface area contributed by atoms with Crippen molar-refractivity contribution in [3.63, 3.8) is 0 Å². The summed E-state index contributed by atoms with van der Waals surface area (Å²) < 4.78 is 11.1. The lowest BCUT2D eigenvalue weighted by molar-refractivity contribution is -0.159. The average molecular weight is 413 g/mol. The second-order valence-electron chi connectivity index (χ2n) is 9.38.